The van der Waals surface area contributed by atoms with Gasteiger partial charge in [0.25, 0.3) is 0 Å². The van der Waals surface area contributed by atoms with E-state index in [1.807, 2.05) is 0 Å². The van der Waals surface area contributed by atoms with E-state index < -0.39 is 0 Å². The molecule has 2 saturated heterocycles. The lowest BCUT2D eigenvalue weighted by Gasteiger charge is -2.29. The zero-order valence-electron chi connectivity index (χ0n) is 9.05. The van der Waals surface area contributed by atoms with E-state index in [0.29, 0.717) is 5.54 Å². The molecular formula is C11H21NO2. The molecule has 0 aromatic rings. The maximum absolute atomic E-state index is 5.53. The van der Waals surface area contributed by atoms with Gasteiger partial charge in [0, 0.05) is 12.0 Å². The fraction of sp³-hybridized carbons (Fsp3) is 1.00. The van der Waals surface area contributed by atoms with Crippen molar-refractivity contribution in [1.29, 1.82) is 0 Å². The first kappa shape index (κ1) is 10.4. The molecule has 0 saturated carbocycles. The Morgan fingerprint density at radius 1 is 1.29 bits per heavy atom. The number of hydrogen-bond acceptors (Lipinski definition) is 3. The third kappa shape index (κ3) is 2.69. The molecule has 82 valence electrons. The maximum atomic E-state index is 5.53. The quantitative estimate of drug-likeness (QED) is 0.750. The molecule has 0 aliphatic carbocycles. The van der Waals surface area contributed by atoms with Crippen molar-refractivity contribution >= 4 is 0 Å². The van der Waals surface area contributed by atoms with Gasteiger partial charge in [-0.1, -0.05) is 0 Å². The zero-order chi connectivity index (χ0) is 9.86. The highest BCUT2D eigenvalue weighted by Crippen LogP contribution is 2.25. The summed E-state index contributed by atoms with van der Waals surface area (Å²) in [5, 5.41) is 3.56. The zero-order valence-corrected chi connectivity index (χ0v) is 9.05. The van der Waals surface area contributed by atoms with Gasteiger partial charge in [0.05, 0.1) is 13.2 Å². The van der Waals surface area contributed by atoms with Crippen molar-refractivity contribution in [2.24, 2.45) is 0 Å². The molecule has 2 aliphatic rings. The highest BCUT2D eigenvalue weighted by molar-refractivity contribution is 4.88. The number of hydrogen-bond donors (Lipinski definition) is 1. The molecule has 14 heavy (non-hydrogen) atoms. The van der Waals surface area contributed by atoms with E-state index in [1.165, 1.54) is 19.4 Å². The monoisotopic (exact) mass is 199 g/mol. The van der Waals surface area contributed by atoms with Crippen molar-refractivity contribution in [3.63, 3.8) is 0 Å². The predicted octanol–water partition coefficient (Wildman–Crippen LogP) is 1.67. The summed E-state index contributed by atoms with van der Waals surface area (Å²) in [4.78, 5) is 0. The van der Waals surface area contributed by atoms with E-state index >= 15 is 0 Å². The SMILES string of the molecule is CC1(CCC2OCCCO2)CCCN1. The molecular weight excluding hydrogens is 178 g/mol. The average molecular weight is 199 g/mol. The van der Waals surface area contributed by atoms with Crippen molar-refractivity contribution in [2.75, 3.05) is 19.8 Å². The molecule has 0 bridgehead atoms. The molecule has 2 rings (SSSR count). The highest BCUT2D eigenvalue weighted by Gasteiger charge is 2.29. The fourth-order valence-corrected chi connectivity index (χ4v) is 2.31. The molecule has 0 aromatic heterocycles. The van der Waals surface area contributed by atoms with Crippen LogP contribution >= 0.6 is 0 Å². The summed E-state index contributed by atoms with van der Waals surface area (Å²) in [5.41, 5.74) is 0.337. The van der Waals surface area contributed by atoms with Crippen LogP contribution in [0.5, 0.6) is 0 Å². The Morgan fingerprint density at radius 2 is 2.07 bits per heavy atom. The van der Waals surface area contributed by atoms with Crippen LogP contribution in [0.2, 0.25) is 0 Å². The van der Waals surface area contributed by atoms with Gasteiger partial charge < -0.3 is 14.8 Å². The Balaban J connectivity index is 1.70. The van der Waals surface area contributed by atoms with Crippen molar-refractivity contribution in [2.45, 2.75) is 50.9 Å². The van der Waals surface area contributed by atoms with Gasteiger partial charge in [-0.25, -0.2) is 0 Å². The van der Waals surface area contributed by atoms with Gasteiger partial charge in [-0.15, -0.1) is 0 Å². The van der Waals surface area contributed by atoms with Crippen LogP contribution in [0.25, 0.3) is 0 Å². The standard InChI is InChI=1S/C11H21NO2/c1-11(5-2-7-12-11)6-4-10-13-8-3-9-14-10/h10,12H,2-9H2,1H3. The van der Waals surface area contributed by atoms with E-state index in [9.17, 15) is 0 Å². The molecule has 1 N–H and O–H groups in total. The number of ether oxygens (including phenoxy) is 2. The molecule has 2 fully saturated rings. The second kappa shape index (κ2) is 4.60. The first-order valence-corrected chi connectivity index (χ1v) is 5.77. The Hall–Kier alpha value is -0.120. The third-order valence-corrected chi connectivity index (χ3v) is 3.29. The Labute approximate surface area is 86.2 Å². The minimum absolute atomic E-state index is 0.0583. The minimum Gasteiger partial charge on any atom is -0.353 e. The summed E-state index contributed by atoms with van der Waals surface area (Å²) in [7, 11) is 0. The van der Waals surface area contributed by atoms with Gasteiger partial charge in [-0.05, 0) is 39.2 Å². The average Bonchev–Trinajstić information content (AvgIpc) is 2.65. The summed E-state index contributed by atoms with van der Waals surface area (Å²) in [6.07, 6.45) is 5.90. The second-order valence-corrected chi connectivity index (χ2v) is 4.65. The molecule has 0 aromatic carbocycles. The Morgan fingerprint density at radius 3 is 2.71 bits per heavy atom. The van der Waals surface area contributed by atoms with Crippen LogP contribution in [0.4, 0.5) is 0 Å². The molecule has 3 heteroatoms. The van der Waals surface area contributed by atoms with Gasteiger partial charge >= 0.3 is 0 Å². The summed E-state index contributed by atoms with van der Waals surface area (Å²) in [6, 6.07) is 0. The largest absolute Gasteiger partial charge is 0.353 e. The number of nitrogens with one attached hydrogen (secondary N) is 1. The molecule has 0 radical (unpaired) electrons. The molecule has 0 spiro atoms. The van der Waals surface area contributed by atoms with Crippen molar-refractivity contribution in [3.05, 3.63) is 0 Å². The molecule has 1 atom stereocenters. The van der Waals surface area contributed by atoms with Gasteiger partial charge in [0.1, 0.15) is 0 Å². The third-order valence-electron chi connectivity index (χ3n) is 3.29. The predicted molar refractivity (Wildman–Crippen MR) is 55.2 cm³/mol. The summed E-state index contributed by atoms with van der Waals surface area (Å²) in [5.74, 6) is 0. The topological polar surface area (TPSA) is 30.5 Å². The molecule has 0 amide bonds. The lowest BCUT2D eigenvalue weighted by molar-refractivity contribution is -0.183. The van der Waals surface area contributed by atoms with E-state index in [2.05, 4.69) is 12.2 Å². The first-order valence-electron chi connectivity index (χ1n) is 5.77. The summed E-state index contributed by atoms with van der Waals surface area (Å²) in [6.45, 7) is 5.22. The maximum Gasteiger partial charge on any atom is 0.157 e. The highest BCUT2D eigenvalue weighted by atomic mass is 16.7. The van der Waals surface area contributed by atoms with Crippen LogP contribution in [0, 0.1) is 0 Å². The molecule has 1 unspecified atom stereocenters. The first-order chi connectivity index (χ1) is 6.79. The van der Waals surface area contributed by atoms with E-state index in [1.54, 1.807) is 0 Å². The van der Waals surface area contributed by atoms with Crippen molar-refractivity contribution < 1.29 is 9.47 Å². The van der Waals surface area contributed by atoms with Crippen LogP contribution in [0.1, 0.15) is 39.0 Å². The van der Waals surface area contributed by atoms with Crippen LogP contribution in [-0.4, -0.2) is 31.6 Å². The van der Waals surface area contributed by atoms with Crippen molar-refractivity contribution in [3.8, 4) is 0 Å². The van der Waals surface area contributed by atoms with Gasteiger partial charge in [-0.2, -0.15) is 0 Å². The van der Waals surface area contributed by atoms with Crippen molar-refractivity contribution in [1.82, 2.24) is 5.32 Å². The van der Waals surface area contributed by atoms with Crippen LogP contribution in [-0.2, 0) is 9.47 Å². The summed E-state index contributed by atoms with van der Waals surface area (Å²) < 4.78 is 11.1. The smallest absolute Gasteiger partial charge is 0.157 e. The van der Waals surface area contributed by atoms with Gasteiger partial charge in [-0.3, -0.25) is 0 Å². The fourth-order valence-electron chi connectivity index (χ4n) is 2.31. The Kier molecular flexibility index (Phi) is 3.42. The van der Waals surface area contributed by atoms with Crippen LogP contribution in [0.15, 0.2) is 0 Å². The second-order valence-electron chi connectivity index (χ2n) is 4.65. The van der Waals surface area contributed by atoms with E-state index in [-0.39, 0.29) is 6.29 Å². The van der Waals surface area contributed by atoms with Gasteiger partial charge in [0.2, 0.25) is 0 Å². The van der Waals surface area contributed by atoms with Crippen LogP contribution in [0.3, 0.4) is 0 Å². The number of rotatable bonds is 3. The molecule has 2 heterocycles. The lowest BCUT2D eigenvalue weighted by atomic mass is 9.94. The van der Waals surface area contributed by atoms with Gasteiger partial charge in [0.15, 0.2) is 6.29 Å². The normalized spacial score (nSPS) is 34.9. The van der Waals surface area contributed by atoms with E-state index in [0.717, 1.165) is 32.5 Å². The molecule has 2 aliphatic heterocycles. The summed E-state index contributed by atoms with van der Waals surface area (Å²) >= 11 is 0. The van der Waals surface area contributed by atoms with E-state index in [4.69, 9.17) is 9.47 Å². The lowest BCUT2D eigenvalue weighted by Crippen LogP contribution is -2.38. The van der Waals surface area contributed by atoms with Crippen LogP contribution < -0.4 is 5.32 Å². The molecule has 3 nitrogen and oxygen atoms in total. The minimum atomic E-state index is 0.0583. The Bertz CT molecular complexity index is 172.